The van der Waals surface area contributed by atoms with E-state index in [9.17, 15) is 14.0 Å². The predicted octanol–water partition coefficient (Wildman–Crippen LogP) is 2.25. The monoisotopic (exact) mass is 259 g/mol. The first-order valence-electron chi connectivity index (χ1n) is 3.37. The van der Waals surface area contributed by atoms with Gasteiger partial charge in [-0.1, -0.05) is 0 Å². The smallest absolute Gasteiger partial charge is 0.340 e. The van der Waals surface area contributed by atoms with Crippen molar-refractivity contribution in [3.8, 4) is 0 Å². The van der Waals surface area contributed by atoms with Crippen molar-refractivity contribution in [1.29, 1.82) is 0 Å². The number of hydrogen-bond donors (Lipinski definition) is 1. The second-order valence-electron chi connectivity index (χ2n) is 2.26. The largest absolute Gasteiger partial charge is 0.478 e. The Morgan fingerprint density at radius 2 is 2.21 bits per heavy atom. The Bertz CT molecular complexity index is 440. The normalized spacial score (nSPS) is 9.29. The molecule has 0 spiro atoms. The number of aliphatic imine (C=N–C) groups is 1. The summed E-state index contributed by atoms with van der Waals surface area (Å²) in [5.41, 5.74) is -0.907. The van der Waals surface area contributed by atoms with Crippen molar-refractivity contribution in [3.05, 3.63) is 28.0 Å². The molecule has 4 nitrogen and oxygen atoms in total. The van der Waals surface area contributed by atoms with Gasteiger partial charge in [-0.15, -0.1) is 0 Å². The summed E-state index contributed by atoms with van der Waals surface area (Å²) in [4.78, 5) is 23.6. The number of carbonyl (C=O) groups is 1. The van der Waals surface area contributed by atoms with Crippen LogP contribution in [0.1, 0.15) is 10.4 Å². The molecule has 14 heavy (non-hydrogen) atoms. The lowest BCUT2D eigenvalue weighted by Crippen LogP contribution is -2.01. The van der Waals surface area contributed by atoms with Crippen molar-refractivity contribution in [2.45, 2.75) is 0 Å². The molecule has 0 aliphatic carbocycles. The summed E-state index contributed by atoms with van der Waals surface area (Å²) in [5, 5.41) is 8.65. The lowest BCUT2D eigenvalue weighted by Gasteiger charge is -2.01. The first kappa shape index (κ1) is 10.6. The van der Waals surface area contributed by atoms with Crippen LogP contribution in [0.3, 0.4) is 0 Å². The Morgan fingerprint density at radius 1 is 1.57 bits per heavy atom. The Balaban J connectivity index is 3.52. The van der Waals surface area contributed by atoms with E-state index < -0.39 is 17.3 Å². The predicted molar refractivity (Wildman–Crippen MR) is 48.8 cm³/mol. The molecular formula is C8H3BrFNO3. The van der Waals surface area contributed by atoms with Gasteiger partial charge in [0.1, 0.15) is 5.56 Å². The molecule has 1 N–H and O–H groups in total. The van der Waals surface area contributed by atoms with E-state index in [2.05, 4.69) is 20.9 Å². The quantitative estimate of drug-likeness (QED) is 0.655. The summed E-state index contributed by atoms with van der Waals surface area (Å²) in [5.74, 6) is -2.45. The summed E-state index contributed by atoms with van der Waals surface area (Å²) in [6.45, 7) is 0. The van der Waals surface area contributed by atoms with Crippen LogP contribution in [0.25, 0.3) is 0 Å². The third-order valence-corrected chi connectivity index (χ3v) is 2.07. The molecule has 0 saturated heterocycles. The summed E-state index contributed by atoms with van der Waals surface area (Å²) >= 11 is 2.82. The van der Waals surface area contributed by atoms with Crippen molar-refractivity contribution in [2.24, 2.45) is 4.99 Å². The highest BCUT2D eigenvalue weighted by atomic mass is 79.9. The molecule has 0 amide bonds. The number of nitrogens with zero attached hydrogens (tertiary/aromatic N) is 1. The molecule has 1 rings (SSSR count). The van der Waals surface area contributed by atoms with Crippen LogP contribution in [0.5, 0.6) is 0 Å². The van der Waals surface area contributed by atoms with E-state index in [0.717, 1.165) is 6.08 Å². The number of aromatic carboxylic acids is 1. The van der Waals surface area contributed by atoms with Gasteiger partial charge < -0.3 is 5.11 Å². The van der Waals surface area contributed by atoms with Crippen LogP contribution in [0.15, 0.2) is 21.6 Å². The molecule has 0 unspecified atom stereocenters. The molecule has 0 radical (unpaired) electrons. The lowest BCUT2D eigenvalue weighted by atomic mass is 10.1. The van der Waals surface area contributed by atoms with Gasteiger partial charge in [-0.05, 0) is 28.1 Å². The van der Waals surface area contributed by atoms with E-state index in [1.807, 2.05) is 0 Å². The molecule has 72 valence electrons. The fraction of sp³-hybridized carbons (Fsp3) is 0. The number of benzene rings is 1. The van der Waals surface area contributed by atoms with Gasteiger partial charge in [0, 0.05) is 0 Å². The Labute approximate surface area is 86.2 Å². The Morgan fingerprint density at radius 3 is 2.71 bits per heavy atom. The molecule has 0 atom stereocenters. The zero-order valence-electron chi connectivity index (χ0n) is 6.62. The number of halogens is 2. The average Bonchev–Trinajstić information content (AvgIpc) is 2.11. The molecule has 0 saturated carbocycles. The molecular weight excluding hydrogens is 257 g/mol. The minimum absolute atomic E-state index is 0.000232. The average molecular weight is 260 g/mol. The lowest BCUT2D eigenvalue weighted by molar-refractivity contribution is 0.0693. The van der Waals surface area contributed by atoms with Gasteiger partial charge in [0.2, 0.25) is 6.08 Å². The van der Waals surface area contributed by atoms with Crippen LogP contribution >= 0.6 is 15.9 Å². The van der Waals surface area contributed by atoms with E-state index in [1.54, 1.807) is 0 Å². The number of carboxylic acid groups (broad SMARTS) is 1. The minimum atomic E-state index is -1.49. The van der Waals surface area contributed by atoms with E-state index >= 15 is 0 Å². The second-order valence-corrected chi connectivity index (χ2v) is 3.12. The van der Waals surface area contributed by atoms with Gasteiger partial charge >= 0.3 is 5.97 Å². The van der Waals surface area contributed by atoms with Crippen molar-refractivity contribution >= 4 is 33.7 Å². The summed E-state index contributed by atoms with van der Waals surface area (Å²) < 4.78 is 13.2. The molecule has 0 heterocycles. The van der Waals surface area contributed by atoms with Crippen molar-refractivity contribution in [3.63, 3.8) is 0 Å². The third kappa shape index (κ3) is 1.86. The van der Waals surface area contributed by atoms with Crippen molar-refractivity contribution in [1.82, 2.24) is 0 Å². The number of hydrogen-bond acceptors (Lipinski definition) is 3. The first-order chi connectivity index (χ1) is 6.57. The number of rotatable bonds is 2. The van der Waals surface area contributed by atoms with E-state index in [0.29, 0.717) is 0 Å². The highest BCUT2D eigenvalue weighted by molar-refractivity contribution is 9.10. The fourth-order valence-electron chi connectivity index (χ4n) is 0.886. The molecule has 0 aliphatic rings. The zero-order valence-corrected chi connectivity index (χ0v) is 8.21. The maximum absolute atomic E-state index is 13.2. The van der Waals surface area contributed by atoms with Gasteiger partial charge in [0.05, 0.1) is 10.2 Å². The number of carboxylic acids is 1. The molecule has 0 aliphatic heterocycles. The standard InChI is InChI=1S/C8H3BrFNO3/c9-4-1-2-5(11-3-12)6(7(4)10)8(13)14/h1-2H,(H,13,14). The maximum atomic E-state index is 13.2. The third-order valence-electron chi connectivity index (χ3n) is 1.45. The van der Waals surface area contributed by atoms with E-state index in [-0.39, 0.29) is 10.2 Å². The SMILES string of the molecule is O=C=Nc1ccc(Br)c(F)c1C(=O)O. The molecule has 1 aromatic rings. The molecule has 1 aromatic carbocycles. The zero-order chi connectivity index (χ0) is 10.7. The van der Waals surface area contributed by atoms with E-state index in [4.69, 9.17) is 5.11 Å². The van der Waals surface area contributed by atoms with Gasteiger partial charge in [0.15, 0.2) is 5.82 Å². The topological polar surface area (TPSA) is 66.7 Å². The Hall–Kier alpha value is -1.52. The number of carbonyl (C=O) groups excluding carboxylic acids is 1. The van der Waals surface area contributed by atoms with Crippen LogP contribution in [-0.4, -0.2) is 17.2 Å². The first-order valence-corrected chi connectivity index (χ1v) is 4.16. The summed E-state index contributed by atoms with van der Waals surface area (Å²) in [7, 11) is 0. The van der Waals surface area contributed by atoms with Crippen LogP contribution in [-0.2, 0) is 4.79 Å². The fourth-order valence-corrected chi connectivity index (χ4v) is 1.22. The van der Waals surface area contributed by atoms with Gasteiger partial charge in [-0.25, -0.2) is 14.0 Å². The molecule has 0 bridgehead atoms. The van der Waals surface area contributed by atoms with Gasteiger partial charge in [-0.3, -0.25) is 0 Å². The van der Waals surface area contributed by atoms with Crippen molar-refractivity contribution in [2.75, 3.05) is 0 Å². The maximum Gasteiger partial charge on any atom is 0.340 e. The van der Waals surface area contributed by atoms with E-state index in [1.165, 1.54) is 12.1 Å². The summed E-state index contributed by atoms with van der Waals surface area (Å²) in [6.07, 6.45) is 1.16. The Kier molecular flexibility index (Phi) is 3.11. The number of isocyanates is 1. The van der Waals surface area contributed by atoms with Gasteiger partial charge in [-0.2, -0.15) is 4.99 Å². The highest BCUT2D eigenvalue weighted by Crippen LogP contribution is 2.27. The summed E-state index contributed by atoms with van der Waals surface area (Å²) in [6, 6.07) is 2.47. The van der Waals surface area contributed by atoms with Crippen LogP contribution in [0.4, 0.5) is 10.1 Å². The molecule has 0 aromatic heterocycles. The van der Waals surface area contributed by atoms with Crippen LogP contribution in [0, 0.1) is 5.82 Å². The molecule has 6 heteroatoms. The molecule has 0 fully saturated rings. The van der Waals surface area contributed by atoms with Crippen LogP contribution < -0.4 is 0 Å². The van der Waals surface area contributed by atoms with Crippen LogP contribution in [0.2, 0.25) is 0 Å². The second kappa shape index (κ2) is 4.13. The highest BCUT2D eigenvalue weighted by Gasteiger charge is 2.18. The van der Waals surface area contributed by atoms with Crippen molar-refractivity contribution < 1.29 is 19.1 Å². The minimum Gasteiger partial charge on any atom is -0.478 e. The van der Waals surface area contributed by atoms with Gasteiger partial charge in [0.25, 0.3) is 0 Å².